The van der Waals surface area contributed by atoms with E-state index >= 15 is 0 Å². The summed E-state index contributed by atoms with van der Waals surface area (Å²) in [4.78, 5) is 32.2. The Morgan fingerprint density at radius 2 is 2.11 bits per heavy atom. The number of anilines is 1. The summed E-state index contributed by atoms with van der Waals surface area (Å²) in [7, 11) is 0. The summed E-state index contributed by atoms with van der Waals surface area (Å²) in [5.74, 6) is 0.230. The number of halogens is 1. The molecular formula is C19H19BrN4O2S. The molecule has 140 valence electrons. The van der Waals surface area contributed by atoms with E-state index in [-0.39, 0.29) is 17.4 Å². The topological polar surface area (TPSA) is 67.6 Å². The van der Waals surface area contributed by atoms with Crippen LogP contribution in [0.1, 0.15) is 30.5 Å². The van der Waals surface area contributed by atoms with Crippen LogP contribution < -0.4 is 10.5 Å². The maximum Gasteiger partial charge on any atom is 0.289 e. The Hall–Kier alpha value is -2.06. The molecule has 3 aromatic rings. The van der Waals surface area contributed by atoms with Crippen LogP contribution in [0.15, 0.2) is 39.6 Å². The van der Waals surface area contributed by atoms with Gasteiger partial charge in [-0.25, -0.2) is 4.98 Å². The van der Waals surface area contributed by atoms with Gasteiger partial charge in [-0.2, -0.15) is 4.52 Å². The molecule has 1 aromatic carbocycles. The second-order valence-electron chi connectivity index (χ2n) is 6.70. The van der Waals surface area contributed by atoms with Crippen LogP contribution in [0, 0.1) is 6.92 Å². The molecule has 8 heteroatoms. The van der Waals surface area contributed by atoms with Crippen LogP contribution in [0.3, 0.4) is 0 Å². The Balaban J connectivity index is 1.56. The van der Waals surface area contributed by atoms with E-state index in [2.05, 4.69) is 26.0 Å². The summed E-state index contributed by atoms with van der Waals surface area (Å²) in [6, 6.07) is 9.89. The van der Waals surface area contributed by atoms with Gasteiger partial charge in [-0.3, -0.25) is 9.59 Å². The first kappa shape index (κ1) is 18.3. The van der Waals surface area contributed by atoms with E-state index < -0.39 is 0 Å². The molecule has 4 rings (SSSR count). The van der Waals surface area contributed by atoms with E-state index in [1.54, 1.807) is 6.92 Å². The van der Waals surface area contributed by atoms with E-state index in [1.807, 2.05) is 35.2 Å². The summed E-state index contributed by atoms with van der Waals surface area (Å²) in [5, 5.41) is 5.14. The molecule has 2 aromatic heterocycles. The van der Waals surface area contributed by atoms with Crippen molar-refractivity contribution >= 4 is 43.1 Å². The van der Waals surface area contributed by atoms with Crippen molar-refractivity contribution in [2.24, 2.45) is 0 Å². The predicted octanol–water partition coefficient (Wildman–Crippen LogP) is 3.39. The number of hydrogen-bond acceptors (Lipinski definition) is 6. The quantitative estimate of drug-likeness (QED) is 0.600. The minimum atomic E-state index is -0.217. The lowest BCUT2D eigenvalue weighted by molar-refractivity contribution is -0.120. The molecule has 6 nitrogen and oxygen atoms in total. The van der Waals surface area contributed by atoms with Crippen LogP contribution in [0.25, 0.3) is 4.96 Å². The molecule has 27 heavy (non-hydrogen) atoms. The van der Waals surface area contributed by atoms with E-state index in [1.165, 1.54) is 21.4 Å². The summed E-state index contributed by atoms with van der Waals surface area (Å²) >= 11 is 4.63. The van der Waals surface area contributed by atoms with Crippen LogP contribution >= 0.6 is 27.3 Å². The van der Waals surface area contributed by atoms with Crippen molar-refractivity contribution in [2.45, 2.75) is 38.6 Å². The maximum atomic E-state index is 12.8. The average Bonchev–Trinajstić information content (AvgIpc) is 3.32. The number of rotatable bonds is 5. The summed E-state index contributed by atoms with van der Waals surface area (Å²) in [5.41, 5.74) is 1.60. The van der Waals surface area contributed by atoms with E-state index in [0.717, 1.165) is 25.8 Å². The molecule has 1 fully saturated rings. The Labute approximate surface area is 169 Å². The number of Topliss-reactive ketones (excluding diaryl/α,β-unsaturated/α-hetero) is 1. The van der Waals surface area contributed by atoms with E-state index in [4.69, 9.17) is 0 Å². The Bertz CT molecular complexity index is 1050. The van der Waals surface area contributed by atoms with Crippen molar-refractivity contribution in [3.05, 3.63) is 56.4 Å². The number of carbonyl (C=O) groups is 1. The highest BCUT2D eigenvalue weighted by Gasteiger charge is 2.32. The lowest BCUT2D eigenvalue weighted by Crippen LogP contribution is -2.36. The predicted molar refractivity (Wildman–Crippen MR) is 110 cm³/mol. The van der Waals surface area contributed by atoms with Crippen LogP contribution in [0.2, 0.25) is 0 Å². The molecular weight excluding hydrogens is 428 g/mol. The molecule has 0 bridgehead atoms. The third-order valence-corrected chi connectivity index (χ3v) is 6.74. The molecule has 0 amide bonds. The lowest BCUT2D eigenvalue weighted by Gasteiger charge is -2.22. The van der Waals surface area contributed by atoms with Gasteiger partial charge in [-0.1, -0.05) is 41.7 Å². The zero-order valence-electron chi connectivity index (χ0n) is 14.9. The molecule has 1 saturated heterocycles. The molecule has 1 aliphatic heterocycles. The highest BCUT2D eigenvalue weighted by atomic mass is 79.9. The Kier molecular flexibility index (Phi) is 5.10. The molecule has 0 radical (unpaired) electrons. The first-order chi connectivity index (χ1) is 13.0. The van der Waals surface area contributed by atoms with Crippen molar-refractivity contribution in [1.82, 2.24) is 14.6 Å². The number of aryl methyl sites for hydroxylation is 2. The van der Waals surface area contributed by atoms with E-state index in [9.17, 15) is 9.59 Å². The van der Waals surface area contributed by atoms with Crippen molar-refractivity contribution in [3.8, 4) is 0 Å². The van der Waals surface area contributed by atoms with Crippen molar-refractivity contribution in [3.63, 3.8) is 0 Å². The summed E-state index contributed by atoms with van der Waals surface area (Å²) < 4.78 is 1.75. The van der Waals surface area contributed by atoms with Gasteiger partial charge in [0.1, 0.15) is 4.47 Å². The molecule has 3 heterocycles. The minimum Gasteiger partial charge on any atom is -0.337 e. The molecule has 1 atom stereocenters. The second kappa shape index (κ2) is 7.52. The zero-order valence-corrected chi connectivity index (χ0v) is 17.3. The second-order valence-corrected chi connectivity index (χ2v) is 8.43. The number of fused-ring (bicyclic) bond motifs is 1. The Morgan fingerprint density at radius 3 is 2.89 bits per heavy atom. The van der Waals surface area contributed by atoms with Gasteiger partial charge < -0.3 is 4.90 Å². The van der Waals surface area contributed by atoms with Gasteiger partial charge in [-0.05, 0) is 47.7 Å². The van der Waals surface area contributed by atoms with E-state index in [0.29, 0.717) is 26.7 Å². The van der Waals surface area contributed by atoms with Crippen molar-refractivity contribution < 1.29 is 4.79 Å². The van der Waals surface area contributed by atoms with Gasteiger partial charge in [0.05, 0.1) is 11.7 Å². The van der Waals surface area contributed by atoms with Gasteiger partial charge in [0.25, 0.3) is 5.56 Å². The molecule has 0 saturated carbocycles. The number of aromatic nitrogens is 3. The van der Waals surface area contributed by atoms with Crippen LogP contribution in [0.5, 0.6) is 0 Å². The Morgan fingerprint density at radius 1 is 1.33 bits per heavy atom. The van der Waals surface area contributed by atoms with Gasteiger partial charge in [0, 0.05) is 13.0 Å². The normalized spacial score (nSPS) is 17.0. The molecule has 0 spiro atoms. The monoisotopic (exact) mass is 446 g/mol. The van der Waals surface area contributed by atoms with Gasteiger partial charge in [0.15, 0.2) is 5.78 Å². The fraction of sp³-hybridized carbons (Fsp3) is 0.368. The highest BCUT2D eigenvalue weighted by Crippen LogP contribution is 2.30. The van der Waals surface area contributed by atoms with Crippen molar-refractivity contribution in [1.29, 1.82) is 0 Å². The largest absolute Gasteiger partial charge is 0.337 e. The fourth-order valence-corrected chi connectivity index (χ4v) is 4.71. The number of ketones is 1. The molecule has 0 aliphatic carbocycles. The number of carbonyl (C=O) groups excluding carboxylic acids is 1. The lowest BCUT2D eigenvalue weighted by atomic mass is 10.0. The standard InChI is InChI=1S/C19H19BrN4O2S/c1-12-16(20)17(26)24-18(21-12)27-19(22-24)23-11-5-8-14(23)15(25)10-9-13-6-3-2-4-7-13/h2-4,6-7,14H,5,8-11H2,1H3/t14-/m1/s1. The minimum absolute atomic E-state index is 0.172. The van der Waals surface area contributed by atoms with Crippen molar-refractivity contribution in [2.75, 3.05) is 11.4 Å². The molecule has 0 unspecified atom stereocenters. The highest BCUT2D eigenvalue weighted by molar-refractivity contribution is 9.10. The number of benzene rings is 1. The summed E-state index contributed by atoms with van der Waals surface area (Å²) in [6.07, 6.45) is 3.03. The average molecular weight is 447 g/mol. The number of hydrogen-bond donors (Lipinski definition) is 0. The maximum absolute atomic E-state index is 12.8. The first-order valence-electron chi connectivity index (χ1n) is 8.94. The smallest absolute Gasteiger partial charge is 0.289 e. The van der Waals surface area contributed by atoms with Crippen LogP contribution in [-0.2, 0) is 11.2 Å². The third kappa shape index (κ3) is 3.55. The van der Waals surface area contributed by atoms with Gasteiger partial charge in [0.2, 0.25) is 10.1 Å². The molecule has 0 N–H and O–H groups in total. The zero-order chi connectivity index (χ0) is 19.0. The van der Waals surface area contributed by atoms with Crippen LogP contribution in [0.4, 0.5) is 5.13 Å². The molecule has 1 aliphatic rings. The SMILES string of the molecule is Cc1nc2sc(N3CCC[C@@H]3C(=O)CCc3ccccc3)nn2c(=O)c1Br. The summed E-state index contributed by atoms with van der Waals surface area (Å²) in [6.45, 7) is 2.56. The third-order valence-electron chi connectivity index (χ3n) is 4.88. The van der Waals surface area contributed by atoms with Gasteiger partial charge in [-0.15, -0.1) is 5.10 Å². The van der Waals surface area contributed by atoms with Gasteiger partial charge >= 0.3 is 0 Å². The van der Waals surface area contributed by atoms with Crippen LogP contribution in [-0.4, -0.2) is 33.0 Å². The fourth-order valence-electron chi connectivity index (χ4n) is 3.44. The first-order valence-corrected chi connectivity index (χ1v) is 10.5. The number of nitrogens with zero attached hydrogens (tertiary/aromatic N) is 4.